The molecule has 0 aliphatic heterocycles. The molecule has 0 aliphatic rings. The summed E-state index contributed by atoms with van der Waals surface area (Å²) < 4.78 is 21.4. The lowest BCUT2D eigenvalue weighted by molar-refractivity contribution is 0.0541. The van der Waals surface area contributed by atoms with Gasteiger partial charge in [-0.1, -0.05) is 35.9 Å². The molecule has 14 nitrogen and oxygen atoms in total. The minimum absolute atomic E-state index is 0.0365. The number of nitrogens with zero attached hydrogens (tertiary/aromatic N) is 5. The van der Waals surface area contributed by atoms with Gasteiger partial charge in [0, 0.05) is 12.4 Å². The molecular weight excluding hydrogens is 715 g/mol. The Morgan fingerprint density at radius 2 is 1.38 bits per heavy atom. The van der Waals surface area contributed by atoms with Crippen LogP contribution >= 0.6 is 34.8 Å². The van der Waals surface area contributed by atoms with Crippen LogP contribution in [0.4, 0.5) is 4.79 Å². The lowest BCUT2D eigenvalue weighted by atomic mass is 10.2. The number of aromatic nitrogens is 6. The molecule has 0 spiro atoms. The number of fused-ring (bicyclic) bond motifs is 2. The number of carbonyl (C=O) groups excluding carboxylic acids is 3. The Bertz CT molecular complexity index is 2160. The van der Waals surface area contributed by atoms with Gasteiger partial charge >= 0.3 is 18.0 Å². The largest absolute Gasteiger partial charge is 0.507 e. The van der Waals surface area contributed by atoms with Crippen LogP contribution in [-0.2, 0) is 14.2 Å². The molecule has 0 unspecified atom stereocenters. The highest BCUT2D eigenvalue weighted by atomic mass is 35.5. The molecule has 6 rings (SSSR count). The smallest absolute Gasteiger partial charge is 0.419 e. The molecule has 0 atom stereocenters. The maximum absolute atomic E-state index is 12.0. The highest BCUT2D eigenvalue weighted by Gasteiger charge is 2.21. The first kappa shape index (κ1) is 37.4. The number of methoxy groups -OCH3 is 2. The number of benzene rings is 2. The zero-order valence-corrected chi connectivity index (χ0v) is 29.4. The van der Waals surface area contributed by atoms with Crippen molar-refractivity contribution in [2.24, 2.45) is 0 Å². The first-order valence-corrected chi connectivity index (χ1v) is 15.5. The fraction of sp³-hybridized carbons (Fsp3) is 0.182. The van der Waals surface area contributed by atoms with Crippen LogP contribution in [0.25, 0.3) is 22.1 Å². The van der Waals surface area contributed by atoms with Crippen molar-refractivity contribution in [2.45, 2.75) is 26.4 Å². The quantitative estimate of drug-likeness (QED) is 0.0772. The summed E-state index contributed by atoms with van der Waals surface area (Å²) in [6.45, 7) is 5.35. The van der Waals surface area contributed by atoms with E-state index in [2.05, 4.69) is 29.7 Å². The Morgan fingerprint density at radius 3 is 2.04 bits per heavy atom. The van der Waals surface area contributed by atoms with Gasteiger partial charge in [0.05, 0.1) is 25.3 Å². The Morgan fingerprint density at radius 1 is 0.780 bits per heavy atom. The molecule has 4 aromatic heterocycles. The summed E-state index contributed by atoms with van der Waals surface area (Å²) in [5.41, 5.74) is 2.00. The predicted octanol–water partition coefficient (Wildman–Crippen LogP) is 7.89. The summed E-state index contributed by atoms with van der Waals surface area (Å²) in [4.78, 5) is 53.4. The van der Waals surface area contributed by atoms with Gasteiger partial charge in [-0.2, -0.15) is 4.98 Å². The number of esters is 2. The van der Waals surface area contributed by atoms with E-state index in [0.717, 1.165) is 0 Å². The van der Waals surface area contributed by atoms with Crippen LogP contribution in [0.1, 0.15) is 41.5 Å². The van der Waals surface area contributed by atoms with Gasteiger partial charge in [0.15, 0.2) is 5.15 Å². The molecule has 0 bridgehead atoms. The van der Waals surface area contributed by atoms with Gasteiger partial charge in [-0.3, -0.25) is 0 Å². The summed E-state index contributed by atoms with van der Waals surface area (Å²) in [6.07, 6.45) is 2.69. The third-order valence-corrected chi connectivity index (χ3v) is 6.81. The highest BCUT2D eigenvalue weighted by Crippen LogP contribution is 2.30. The third-order valence-electron chi connectivity index (χ3n) is 6.21. The number of nitrogens with one attached hydrogen (secondary N) is 1. The molecule has 2 N–H and O–H groups in total. The van der Waals surface area contributed by atoms with E-state index in [1.165, 1.54) is 37.1 Å². The van der Waals surface area contributed by atoms with Gasteiger partial charge in [-0.05, 0) is 80.4 Å². The average molecular weight is 744 g/mol. The van der Waals surface area contributed by atoms with Crippen LogP contribution in [-0.4, -0.2) is 72.4 Å². The minimum atomic E-state index is -0.590. The number of aromatic hydroxyl groups is 1. The molecule has 0 aliphatic carbocycles. The van der Waals surface area contributed by atoms with E-state index >= 15 is 0 Å². The van der Waals surface area contributed by atoms with Crippen molar-refractivity contribution in [2.75, 3.05) is 14.2 Å². The van der Waals surface area contributed by atoms with Crippen LogP contribution in [0.15, 0.2) is 73.1 Å². The van der Waals surface area contributed by atoms with E-state index in [4.69, 9.17) is 54.1 Å². The second-order valence-electron chi connectivity index (χ2n) is 10.8. The zero-order chi connectivity index (χ0) is 36.6. The molecule has 0 saturated carbocycles. The van der Waals surface area contributed by atoms with Crippen molar-refractivity contribution in [3.63, 3.8) is 0 Å². The van der Waals surface area contributed by atoms with Crippen molar-refractivity contribution in [1.29, 1.82) is 0 Å². The number of hydrogen-bond donors (Lipinski definition) is 2. The van der Waals surface area contributed by atoms with Gasteiger partial charge in [-0.15, -0.1) is 0 Å². The van der Waals surface area contributed by atoms with Crippen molar-refractivity contribution in [3.05, 3.63) is 99.9 Å². The number of ether oxygens (including phenoxy) is 4. The minimum Gasteiger partial charge on any atom is -0.507 e. The van der Waals surface area contributed by atoms with Crippen LogP contribution in [0.5, 0.6) is 17.4 Å². The second-order valence-corrected chi connectivity index (χ2v) is 11.9. The molecule has 0 fully saturated rings. The zero-order valence-electron chi connectivity index (χ0n) is 27.1. The molecule has 0 amide bonds. The van der Waals surface area contributed by atoms with Crippen LogP contribution in [0, 0.1) is 0 Å². The van der Waals surface area contributed by atoms with Crippen molar-refractivity contribution in [1.82, 2.24) is 29.5 Å². The summed E-state index contributed by atoms with van der Waals surface area (Å²) in [6, 6.07) is 16.3. The number of halogens is 3. The lowest BCUT2D eigenvalue weighted by Crippen LogP contribution is -2.26. The van der Waals surface area contributed by atoms with Gasteiger partial charge in [-0.25, -0.2) is 33.9 Å². The van der Waals surface area contributed by atoms with Crippen LogP contribution in [0.2, 0.25) is 15.7 Å². The molecule has 4 heterocycles. The normalized spacial score (nSPS) is 10.7. The monoisotopic (exact) mass is 742 g/mol. The molecule has 50 heavy (non-hydrogen) atoms. The van der Waals surface area contributed by atoms with E-state index in [-0.39, 0.29) is 32.9 Å². The summed E-state index contributed by atoms with van der Waals surface area (Å²) >= 11 is 17.5. The number of hydrogen-bond acceptors (Lipinski definition) is 12. The number of rotatable bonds is 4. The van der Waals surface area contributed by atoms with E-state index in [9.17, 15) is 14.4 Å². The molecule has 260 valence electrons. The number of para-hydroxylation sites is 2. The van der Waals surface area contributed by atoms with Crippen molar-refractivity contribution >= 4 is 74.9 Å². The molecular formula is C33H29Cl3N6O8. The molecule has 2 aromatic carbocycles. The van der Waals surface area contributed by atoms with E-state index in [0.29, 0.717) is 33.4 Å². The number of H-pyrrole nitrogens is 1. The van der Waals surface area contributed by atoms with Crippen molar-refractivity contribution < 1.29 is 38.4 Å². The number of phenols is 1. The Hall–Kier alpha value is -5.44. The first-order chi connectivity index (χ1) is 23.7. The van der Waals surface area contributed by atoms with Gasteiger partial charge in [0.25, 0.3) is 0 Å². The number of aromatic amines is 1. The SMILES string of the molecule is CC(C)(C)OC(=O)n1ccc2nc(Cl)nc(Cl)c21.COC(=O)c1ccccc1O.COC(=O)c1ccccc1Oc1nc(Cl)nc2cc[nH]c12. The van der Waals surface area contributed by atoms with Gasteiger partial charge < -0.3 is 29.0 Å². The Kier molecular flexibility index (Phi) is 12.2. The average Bonchev–Trinajstić information content (AvgIpc) is 3.72. The highest BCUT2D eigenvalue weighted by molar-refractivity contribution is 6.35. The Balaban J connectivity index is 0.000000177. The standard InChI is InChI=1S/C14H10ClN3O3.C11H11Cl2N3O2.C8H8O3/c1-20-13(19)8-4-2-3-5-10(8)21-12-11-9(6-7-16-11)17-14(15)18-12;1-11(2,3)18-10(17)16-5-4-6-7(16)8(12)15-9(13)14-6;1-11-8(10)6-4-2-3-5-7(6)9/h2-7,16H,1H3;4-5H,1-3H3;2-5,9H,1H3. The van der Waals surface area contributed by atoms with Crippen LogP contribution < -0.4 is 4.74 Å². The molecule has 6 aromatic rings. The molecule has 0 saturated heterocycles. The van der Waals surface area contributed by atoms with Gasteiger partial charge in [0.2, 0.25) is 16.4 Å². The fourth-order valence-corrected chi connectivity index (χ4v) is 4.75. The number of carbonyl (C=O) groups is 3. The van der Waals surface area contributed by atoms with Gasteiger partial charge in [0.1, 0.15) is 39.3 Å². The topological polar surface area (TPSA) is 181 Å². The first-order valence-electron chi connectivity index (χ1n) is 14.4. The van der Waals surface area contributed by atoms with Crippen LogP contribution in [0.3, 0.4) is 0 Å². The predicted molar refractivity (Wildman–Crippen MR) is 185 cm³/mol. The summed E-state index contributed by atoms with van der Waals surface area (Å²) in [5, 5.41) is 9.32. The number of phenolic OH excluding ortho intramolecular Hbond substituents is 1. The molecule has 17 heteroatoms. The van der Waals surface area contributed by atoms with E-state index < -0.39 is 23.6 Å². The van der Waals surface area contributed by atoms with E-state index in [1.54, 1.807) is 75.5 Å². The van der Waals surface area contributed by atoms with E-state index in [1.807, 2.05) is 0 Å². The lowest BCUT2D eigenvalue weighted by Gasteiger charge is -2.19. The third kappa shape index (κ3) is 9.37. The summed E-state index contributed by atoms with van der Waals surface area (Å²) in [5.74, 6) is -0.502. The maximum atomic E-state index is 12.0. The summed E-state index contributed by atoms with van der Waals surface area (Å²) in [7, 11) is 2.58. The second kappa shape index (κ2) is 16.3. The fourth-order valence-electron chi connectivity index (χ4n) is 4.10. The Labute approximate surface area is 299 Å². The maximum Gasteiger partial charge on any atom is 0.419 e. The molecule has 0 radical (unpaired) electrons. The van der Waals surface area contributed by atoms with Crippen molar-refractivity contribution in [3.8, 4) is 17.4 Å².